The summed E-state index contributed by atoms with van der Waals surface area (Å²) >= 11 is 0. The van der Waals surface area contributed by atoms with Gasteiger partial charge in [-0.1, -0.05) is 20.3 Å². The van der Waals surface area contributed by atoms with Crippen LogP contribution < -0.4 is 0 Å². The Morgan fingerprint density at radius 2 is 1.14 bits per heavy atom. The average molecular weight is 310 g/mol. The fourth-order valence-corrected chi connectivity index (χ4v) is 2.79. The largest absolute Gasteiger partial charge is 0.488 e. The Morgan fingerprint density at radius 3 is 1.68 bits per heavy atom. The minimum absolute atomic E-state index is 0.0720. The molecule has 0 N–H and O–H groups in total. The molecule has 0 spiro atoms. The molecule has 0 saturated carbocycles. The summed E-state index contributed by atoms with van der Waals surface area (Å²) in [6.07, 6.45) is 3.31. The van der Waals surface area contributed by atoms with Crippen LogP contribution in [0.4, 0.5) is 0 Å². The Morgan fingerprint density at radius 1 is 0.636 bits per heavy atom. The van der Waals surface area contributed by atoms with Crippen LogP contribution >= 0.6 is 0 Å². The minimum Gasteiger partial charge on any atom is -0.413 e. The van der Waals surface area contributed by atoms with Gasteiger partial charge in [-0.25, -0.2) is 0 Å². The lowest BCUT2D eigenvalue weighted by atomic mass is 9.48. The van der Waals surface area contributed by atoms with Crippen LogP contribution in [-0.2, 0) is 18.6 Å². The van der Waals surface area contributed by atoms with Gasteiger partial charge in [0.05, 0.1) is 16.8 Å². The van der Waals surface area contributed by atoms with Gasteiger partial charge in [0.25, 0.3) is 0 Å². The zero-order valence-electron chi connectivity index (χ0n) is 15.6. The first-order valence-electron chi connectivity index (χ1n) is 8.53. The Bertz CT molecular complexity index is 391. The van der Waals surface area contributed by atoms with Crippen molar-refractivity contribution in [1.82, 2.24) is 0 Å². The van der Waals surface area contributed by atoms with Crippen molar-refractivity contribution in [2.24, 2.45) is 5.41 Å². The number of hydrogen-bond acceptors (Lipinski definition) is 4. The third-order valence-corrected chi connectivity index (χ3v) is 6.01. The Balaban J connectivity index is 2.19. The standard InChI is InChI=1S/C16H32B2O4/c1-13(2)11-9-10-12-19-17(20-14(13,3)4)18-21-15(5,6)16(7,8)22-18/h9-12H2,1-8H3. The second kappa shape index (κ2) is 5.80. The summed E-state index contributed by atoms with van der Waals surface area (Å²) in [6, 6.07) is 0. The summed E-state index contributed by atoms with van der Waals surface area (Å²) in [5, 5.41) is 0. The molecule has 2 heterocycles. The third kappa shape index (κ3) is 3.40. The lowest BCUT2D eigenvalue weighted by Crippen LogP contribution is -2.53. The van der Waals surface area contributed by atoms with Crippen LogP contribution in [0, 0.1) is 5.41 Å². The van der Waals surface area contributed by atoms with Crippen LogP contribution in [0.2, 0.25) is 0 Å². The van der Waals surface area contributed by atoms with E-state index in [1.165, 1.54) is 0 Å². The molecule has 126 valence electrons. The van der Waals surface area contributed by atoms with Crippen molar-refractivity contribution in [2.75, 3.05) is 6.61 Å². The summed E-state index contributed by atoms with van der Waals surface area (Å²) in [4.78, 5) is 0. The lowest BCUT2D eigenvalue weighted by Gasteiger charge is -2.43. The smallest absolute Gasteiger partial charge is 0.413 e. The van der Waals surface area contributed by atoms with Gasteiger partial charge in [0, 0.05) is 6.61 Å². The quantitative estimate of drug-likeness (QED) is 0.693. The van der Waals surface area contributed by atoms with Crippen molar-refractivity contribution < 1.29 is 18.6 Å². The van der Waals surface area contributed by atoms with Crippen LogP contribution in [0.5, 0.6) is 0 Å². The highest BCUT2D eigenvalue weighted by atomic mass is 16.7. The predicted octanol–water partition coefficient (Wildman–Crippen LogP) is 3.67. The van der Waals surface area contributed by atoms with Gasteiger partial charge < -0.3 is 18.6 Å². The summed E-state index contributed by atoms with van der Waals surface area (Å²) in [7, 11) is -0.980. The van der Waals surface area contributed by atoms with Crippen molar-refractivity contribution >= 4 is 14.0 Å². The highest BCUT2D eigenvalue weighted by Crippen LogP contribution is 2.42. The van der Waals surface area contributed by atoms with Crippen LogP contribution in [0.15, 0.2) is 0 Å². The van der Waals surface area contributed by atoms with Gasteiger partial charge in [-0.15, -0.1) is 0 Å². The van der Waals surface area contributed by atoms with Gasteiger partial charge in [-0.3, -0.25) is 0 Å². The molecular formula is C16H32B2O4. The summed E-state index contributed by atoms with van der Waals surface area (Å²) in [5.74, 6) is 0. The average Bonchev–Trinajstić information content (AvgIpc) is 2.57. The molecule has 2 fully saturated rings. The van der Waals surface area contributed by atoms with Crippen molar-refractivity contribution in [3.63, 3.8) is 0 Å². The van der Waals surface area contributed by atoms with Gasteiger partial charge in [0.2, 0.25) is 0 Å². The summed E-state index contributed by atoms with van der Waals surface area (Å²) < 4.78 is 24.6. The van der Waals surface area contributed by atoms with Crippen molar-refractivity contribution in [3.8, 4) is 0 Å². The van der Waals surface area contributed by atoms with Crippen LogP contribution in [0.25, 0.3) is 0 Å². The normalized spacial score (nSPS) is 30.5. The molecule has 0 aromatic carbocycles. The maximum absolute atomic E-state index is 6.37. The Kier molecular flexibility index (Phi) is 4.83. The van der Waals surface area contributed by atoms with E-state index in [-0.39, 0.29) is 22.2 Å². The lowest BCUT2D eigenvalue weighted by molar-refractivity contribution is -0.0294. The molecular weight excluding hydrogens is 278 g/mol. The maximum atomic E-state index is 6.37. The van der Waals surface area contributed by atoms with Gasteiger partial charge in [0.1, 0.15) is 0 Å². The molecule has 0 aromatic heterocycles. The van der Waals surface area contributed by atoms with Crippen molar-refractivity contribution in [1.29, 1.82) is 0 Å². The highest BCUT2D eigenvalue weighted by molar-refractivity contribution is 7.11. The molecule has 0 radical (unpaired) electrons. The molecule has 6 heteroatoms. The second-order valence-corrected chi connectivity index (χ2v) is 8.83. The first-order valence-corrected chi connectivity index (χ1v) is 8.53. The maximum Gasteiger partial charge on any atom is 0.488 e. The monoisotopic (exact) mass is 310 g/mol. The van der Waals surface area contributed by atoms with Crippen LogP contribution in [0.3, 0.4) is 0 Å². The highest BCUT2D eigenvalue weighted by Gasteiger charge is 2.59. The van der Waals surface area contributed by atoms with Crippen molar-refractivity contribution in [3.05, 3.63) is 0 Å². The second-order valence-electron chi connectivity index (χ2n) is 8.83. The predicted molar refractivity (Wildman–Crippen MR) is 90.6 cm³/mol. The summed E-state index contributed by atoms with van der Waals surface area (Å²) in [5.41, 5.74) is -0.987. The molecule has 0 bridgehead atoms. The molecule has 2 aliphatic heterocycles. The first-order chi connectivity index (χ1) is 9.88. The van der Waals surface area contributed by atoms with Crippen LogP contribution in [0.1, 0.15) is 74.7 Å². The molecule has 22 heavy (non-hydrogen) atoms. The molecule has 0 amide bonds. The fourth-order valence-electron chi connectivity index (χ4n) is 2.79. The van der Waals surface area contributed by atoms with Gasteiger partial charge in [0.15, 0.2) is 0 Å². The summed E-state index contributed by atoms with van der Waals surface area (Å²) in [6.45, 7) is 17.7. The van der Waals surface area contributed by atoms with Crippen LogP contribution in [-0.4, -0.2) is 37.4 Å². The minimum atomic E-state index is -0.492. The van der Waals surface area contributed by atoms with E-state index < -0.39 is 14.0 Å². The molecule has 2 rings (SSSR count). The van der Waals surface area contributed by atoms with Gasteiger partial charge in [-0.05, 0) is 59.8 Å². The van der Waals surface area contributed by atoms with E-state index in [0.717, 1.165) is 19.3 Å². The SMILES string of the molecule is CC1(C)CCCCOB(B2OC(C)(C)C(C)(C)O2)OC1(C)C. The molecule has 2 saturated heterocycles. The van der Waals surface area contributed by atoms with E-state index in [1.807, 2.05) is 0 Å². The zero-order chi connectivity index (χ0) is 16.8. The van der Waals surface area contributed by atoms with E-state index in [1.54, 1.807) is 0 Å². The third-order valence-electron chi connectivity index (χ3n) is 6.01. The van der Waals surface area contributed by atoms with E-state index in [2.05, 4.69) is 55.4 Å². The topological polar surface area (TPSA) is 36.9 Å². The van der Waals surface area contributed by atoms with E-state index in [0.29, 0.717) is 6.61 Å². The molecule has 0 aromatic rings. The molecule has 2 aliphatic rings. The Labute approximate surface area is 136 Å². The molecule has 4 nitrogen and oxygen atoms in total. The van der Waals surface area contributed by atoms with Crippen molar-refractivity contribution in [2.45, 2.75) is 91.5 Å². The van der Waals surface area contributed by atoms with Gasteiger partial charge >= 0.3 is 14.0 Å². The van der Waals surface area contributed by atoms with E-state index in [4.69, 9.17) is 18.6 Å². The van der Waals surface area contributed by atoms with E-state index in [9.17, 15) is 0 Å². The molecule has 0 aliphatic carbocycles. The zero-order valence-corrected chi connectivity index (χ0v) is 15.6. The number of rotatable bonds is 1. The Hall–Kier alpha value is -0.0301. The van der Waals surface area contributed by atoms with Gasteiger partial charge in [-0.2, -0.15) is 0 Å². The van der Waals surface area contributed by atoms with E-state index >= 15 is 0 Å². The first kappa shape index (κ1) is 18.3. The molecule has 0 atom stereocenters. The fraction of sp³-hybridized carbons (Fsp3) is 1.00. The molecule has 0 unspecified atom stereocenters. The number of hydrogen-bond donors (Lipinski definition) is 0.